The van der Waals surface area contributed by atoms with Crippen LogP contribution in [0.5, 0.6) is 5.75 Å². The minimum absolute atomic E-state index is 0. The maximum atomic E-state index is 6.96. The average molecular weight is 523 g/mol. The Kier molecular flexibility index (Phi) is 30.9. The van der Waals surface area contributed by atoms with Gasteiger partial charge in [0.1, 0.15) is 5.75 Å². The molecule has 0 aromatic heterocycles. The Morgan fingerprint density at radius 2 is 1.03 bits per heavy atom. The zero-order chi connectivity index (χ0) is 26.7. The van der Waals surface area contributed by atoms with E-state index < -0.39 is 14.1 Å². The number of benzene rings is 1. The summed E-state index contributed by atoms with van der Waals surface area (Å²) >= 11 is -0.732. The van der Waals surface area contributed by atoms with Crippen molar-refractivity contribution < 1.29 is 23.6 Å². The van der Waals surface area contributed by atoms with Crippen LogP contribution in [-0.2, 0) is 0 Å². The molecular formula is C34H64AlLiO. The third-order valence-corrected chi connectivity index (χ3v) is 11.3. The van der Waals surface area contributed by atoms with E-state index in [4.69, 9.17) is 4.74 Å². The van der Waals surface area contributed by atoms with Crippen molar-refractivity contribution in [3.63, 3.8) is 0 Å². The first-order valence-corrected chi connectivity index (χ1v) is 18.6. The van der Waals surface area contributed by atoms with Gasteiger partial charge in [-0.15, -0.1) is 0 Å². The molecule has 0 aliphatic rings. The van der Waals surface area contributed by atoms with E-state index in [-0.39, 0.29) is 24.5 Å². The van der Waals surface area contributed by atoms with E-state index in [9.17, 15) is 0 Å². The Balaban J connectivity index is 0. The molecular weight excluding hydrogens is 458 g/mol. The van der Waals surface area contributed by atoms with E-state index >= 15 is 0 Å². The van der Waals surface area contributed by atoms with Gasteiger partial charge >= 0.3 is 18.9 Å². The minimum atomic E-state index is -0.732. The SMILES string of the molecule is CCCCCCCCCC(CCCCCCCCC)([CH2][Al]([CH2]C)[CH2]C)Oc1ccccc1.[CH2-]CCC.[Li+]. The van der Waals surface area contributed by atoms with Crippen molar-refractivity contribution in [3.05, 3.63) is 37.3 Å². The molecule has 0 heterocycles. The predicted octanol–water partition coefficient (Wildman–Crippen LogP) is 9.24. The molecule has 3 heteroatoms. The fraction of sp³-hybridized carbons (Fsp3) is 0.794. The number of rotatable bonds is 23. The van der Waals surface area contributed by atoms with Crippen molar-refractivity contribution in [2.45, 2.75) is 172 Å². The molecule has 0 unspecified atom stereocenters. The van der Waals surface area contributed by atoms with Crippen LogP contribution in [-0.4, -0.2) is 19.7 Å². The molecule has 0 radical (unpaired) electrons. The zero-order valence-corrected chi connectivity index (χ0v) is 27.6. The maximum Gasteiger partial charge on any atom is 1.00 e. The Bertz CT molecular complexity index is 526. The first-order chi connectivity index (χ1) is 17.6. The largest absolute Gasteiger partial charge is 1.00 e. The summed E-state index contributed by atoms with van der Waals surface area (Å²) in [5.41, 5.74) is 0.0805. The Morgan fingerprint density at radius 3 is 1.41 bits per heavy atom. The van der Waals surface area contributed by atoms with Gasteiger partial charge in [0.25, 0.3) is 14.1 Å². The van der Waals surface area contributed by atoms with Gasteiger partial charge in [-0.3, -0.25) is 0 Å². The van der Waals surface area contributed by atoms with Crippen LogP contribution in [0.2, 0.25) is 15.8 Å². The molecule has 37 heavy (non-hydrogen) atoms. The van der Waals surface area contributed by atoms with Crippen molar-refractivity contribution in [2.24, 2.45) is 0 Å². The average Bonchev–Trinajstić information content (AvgIpc) is 2.91. The fourth-order valence-electron chi connectivity index (χ4n) is 5.12. The standard InChI is InChI=1S/C26H45O.C4H9.2C2H5.Al.Li/c1-4-6-8-10-12-14-19-23-26(3,27-25-21-17-16-18-22-25)24-20-15-13-11-9-7-5-2;1-3-4-2;2*1-2;;/h16-18,21-22H,3-15,19-20,23-24H2,1-2H3;1,3-4H2,2H3;2*1H2,2H3;;/q;-1;;;;+1. The molecule has 0 aliphatic carbocycles. The number of unbranched alkanes of at least 4 members (excludes halogenated alkanes) is 13. The molecule has 0 aliphatic heterocycles. The monoisotopic (exact) mass is 522 g/mol. The normalized spacial score (nSPS) is 10.9. The van der Waals surface area contributed by atoms with Crippen LogP contribution in [0.3, 0.4) is 0 Å². The smallest absolute Gasteiger partial charge is 0.489 e. The van der Waals surface area contributed by atoms with E-state index in [1.54, 1.807) is 0 Å². The zero-order valence-electron chi connectivity index (χ0n) is 26.4. The van der Waals surface area contributed by atoms with Gasteiger partial charge in [0.2, 0.25) is 0 Å². The van der Waals surface area contributed by atoms with Crippen molar-refractivity contribution >= 4 is 14.1 Å². The van der Waals surface area contributed by atoms with Gasteiger partial charge in [0, 0.05) is 0 Å². The van der Waals surface area contributed by atoms with Crippen LogP contribution >= 0.6 is 0 Å². The van der Waals surface area contributed by atoms with Gasteiger partial charge in [-0.2, -0.15) is 6.42 Å². The molecule has 0 saturated carbocycles. The van der Waals surface area contributed by atoms with Crippen LogP contribution in [0, 0.1) is 6.92 Å². The molecule has 0 N–H and O–H groups in total. The van der Waals surface area contributed by atoms with Gasteiger partial charge < -0.3 is 11.7 Å². The second-order valence-electron chi connectivity index (χ2n) is 11.1. The number of ether oxygens (including phenoxy) is 1. The maximum absolute atomic E-state index is 6.96. The minimum Gasteiger partial charge on any atom is -0.489 e. The molecule has 0 atom stereocenters. The Labute approximate surface area is 251 Å². The number of para-hydroxylation sites is 1. The third kappa shape index (κ3) is 22.6. The predicted molar refractivity (Wildman–Crippen MR) is 167 cm³/mol. The Hall–Kier alpha value is 0.150. The van der Waals surface area contributed by atoms with Crippen LogP contribution < -0.4 is 23.6 Å². The van der Waals surface area contributed by atoms with Crippen molar-refractivity contribution in [1.29, 1.82) is 0 Å². The van der Waals surface area contributed by atoms with E-state index in [0.717, 1.165) is 12.2 Å². The van der Waals surface area contributed by atoms with Crippen LogP contribution in [0.1, 0.15) is 150 Å². The van der Waals surface area contributed by atoms with E-state index in [1.165, 1.54) is 125 Å². The molecule has 0 saturated heterocycles. The molecule has 1 rings (SSSR count). The first kappa shape index (κ1) is 39.3. The Morgan fingerprint density at radius 1 is 0.622 bits per heavy atom. The summed E-state index contributed by atoms with van der Waals surface area (Å²) in [6.07, 6.45) is 24.2. The molecule has 1 aromatic carbocycles. The third-order valence-electron chi connectivity index (χ3n) is 7.72. The quantitative estimate of drug-likeness (QED) is 0.0790. The topological polar surface area (TPSA) is 9.23 Å². The molecule has 1 aromatic rings. The van der Waals surface area contributed by atoms with Crippen LogP contribution in [0.4, 0.5) is 0 Å². The molecule has 0 fully saturated rings. The van der Waals surface area contributed by atoms with Crippen LogP contribution in [0.25, 0.3) is 0 Å². The summed E-state index contributed by atoms with van der Waals surface area (Å²) < 4.78 is 6.96. The van der Waals surface area contributed by atoms with E-state index in [2.05, 4.69) is 71.9 Å². The van der Waals surface area contributed by atoms with Gasteiger partial charge in [0.05, 0.1) is 5.60 Å². The van der Waals surface area contributed by atoms with Crippen LogP contribution in [0.15, 0.2) is 30.3 Å². The van der Waals surface area contributed by atoms with E-state index in [0.29, 0.717) is 0 Å². The molecule has 1 nitrogen and oxygen atoms in total. The summed E-state index contributed by atoms with van der Waals surface area (Å²) in [5.74, 6) is 1.10. The fourth-order valence-corrected chi connectivity index (χ4v) is 7.82. The van der Waals surface area contributed by atoms with Gasteiger partial charge in [-0.05, 0) is 37.8 Å². The van der Waals surface area contributed by atoms with Gasteiger partial charge in [0.15, 0.2) is 0 Å². The number of hydrogen-bond donors (Lipinski definition) is 0. The molecule has 0 spiro atoms. The van der Waals surface area contributed by atoms with Crippen molar-refractivity contribution in [1.82, 2.24) is 0 Å². The number of hydrogen-bond acceptors (Lipinski definition) is 1. The van der Waals surface area contributed by atoms with Crippen molar-refractivity contribution in [2.75, 3.05) is 0 Å². The second kappa shape index (κ2) is 29.1. The van der Waals surface area contributed by atoms with E-state index in [1.807, 2.05) is 0 Å². The van der Waals surface area contributed by atoms with Crippen molar-refractivity contribution in [3.8, 4) is 5.75 Å². The molecule has 210 valence electrons. The first-order valence-electron chi connectivity index (χ1n) is 16.1. The summed E-state index contributed by atoms with van der Waals surface area (Å²) in [5, 5.41) is 4.18. The summed E-state index contributed by atoms with van der Waals surface area (Å²) in [6, 6.07) is 10.7. The van der Waals surface area contributed by atoms with Gasteiger partial charge in [-0.25, -0.2) is 0 Å². The summed E-state index contributed by atoms with van der Waals surface area (Å²) in [7, 11) is 0. The summed E-state index contributed by atoms with van der Waals surface area (Å²) in [6.45, 7) is 15.2. The second-order valence-corrected chi connectivity index (χ2v) is 14.9. The summed E-state index contributed by atoms with van der Waals surface area (Å²) in [4.78, 5) is 0. The molecule has 0 bridgehead atoms. The van der Waals surface area contributed by atoms with Gasteiger partial charge in [-0.1, -0.05) is 152 Å². The molecule has 0 amide bonds.